The molecule has 0 aliphatic carbocycles. The Morgan fingerprint density at radius 3 is 2.94 bits per heavy atom. The number of nitrogens with one attached hydrogen (secondary N) is 1. The van der Waals surface area contributed by atoms with Crippen LogP contribution in [-0.4, -0.2) is 25.1 Å². The number of anilines is 1. The number of nitrogens with two attached hydrogens (primary N) is 1. The minimum atomic E-state index is -0.599. The van der Waals surface area contributed by atoms with Crippen molar-refractivity contribution >= 4 is 34.6 Å². The SMILES string of the molecule is NNc1ncnc(Sc2nncs2)c1[N+](=O)[O-]. The highest BCUT2D eigenvalue weighted by molar-refractivity contribution is 8.01. The zero-order valence-corrected chi connectivity index (χ0v) is 9.73. The molecule has 2 rings (SSSR count). The first kappa shape index (κ1) is 11.6. The molecule has 0 atom stereocenters. The predicted octanol–water partition coefficient (Wildman–Crippen LogP) is 0.673. The van der Waals surface area contributed by atoms with Crippen LogP contribution >= 0.6 is 23.1 Å². The van der Waals surface area contributed by atoms with E-state index in [1.54, 1.807) is 0 Å². The van der Waals surface area contributed by atoms with Gasteiger partial charge in [0.2, 0.25) is 5.82 Å². The standard InChI is InChI=1S/C6H5N7O2S2/c7-11-4-3(13(14)15)5(9-1-8-4)17-6-12-10-2-16-6/h1-2H,7H2,(H,8,9,11). The number of hydrazine groups is 1. The van der Waals surface area contributed by atoms with E-state index in [0.29, 0.717) is 4.34 Å². The molecule has 0 fully saturated rings. The Morgan fingerprint density at radius 1 is 1.53 bits per heavy atom. The molecule has 3 N–H and O–H groups in total. The van der Waals surface area contributed by atoms with Crippen LogP contribution in [0.5, 0.6) is 0 Å². The van der Waals surface area contributed by atoms with E-state index in [1.165, 1.54) is 23.2 Å². The van der Waals surface area contributed by atoms with Crippen molar-refractivity contribution in [2.24, 2.45) is 5.84 Å². The highest BCUT2D eigenvalue weighted by Gasteiger charge is 2.23. The fourth-order valence-electron chi connectivity index (χ4n) is 0.998. The molecular formula is C6H5N7O2S2. The van der Waals surface area contributed by atoms with Crippen molar-refractivity contribution in [2.75, 3.05) is 5.43 Å². The number of aromatic nitrogens is 4. The van der Waals surface area contributed by atoms with Crippen LogP contribution in [0.1, 0.15) is 0 Å². The molecule has 0 aliphatic heterocycles. The molecule has 0 spiro atoms. The van der Waals surface area contributed by atoms with Crippen LogP contribution in [0, 0.1) is 10.1 Å². The lowest BCUT2D eigenvalue weighted by Gasteiger charge is -2.02. The third-order valence-electron chi connectivity index (χ3n) is 1.63. The van der Waals surface area contributed by atoms with Gasteiger partial charge in [-0.15, -0.1) is 10.2 Å². The first-order valence-corrected chi connectivity index (χ1v) is 5.82. The van der Waals surface area contributed by atoms with Gasteiger partial charge in [0.25, 0.3) is 0 Å². The number of rotatable bonds is 4. The first-order chi connectivity index (χ1) is 8.22. The monoisotopic (exact) mass is 271 g/mol. The van der Waals surface area contributed by atoms with Crippen molar-refractivity contribution in [1.29, 1.82) is 0 Å². The molecule has 0 radical (unpaired) electrons. The van der Waals surface area contributed by atoms with E-state index in [2.05, 4.69) is 25.6 Å². The van der Waals surface area contributed by atoms with Gasteiger partial charge in [-0.2, -0.15) is 0 Å². The smallest absolute Gasteiger partial charge is 0.303 e. The van der Waals surface area contributed by atoms with E-state index in [1.807, 2.05) is 0 Å². The average molecular weight is 271 g/mol. The summed E-state index contributed by atoms with van der Waals surface area (Å²) in [6, 6.07) is 0. The molecule has 2 aromatic heterocycles. The van der Waals surface area contributed by atoms with Crippen molar-refractivity contribution in [3.05, 3.63) is 22.0 Å². The second-order valence-corrected chi connectivity index (χ2v) is 4.65. The summed E-state index contributed by atoms with van der Waals surface area (Å²) >= 11 is 2.29. The van der Waals surface area contributed by atoms with Crippen LogP contribution in [0.4, 0.5) is 11.5 Å². The summed E-state index contributed by atoms with van der Waals surface area (Å²) < 4.78 is 0.551. The zero-order chi connectivity index (χ0) is 12.3. The van der Waals surface area contributed by atoms with Crippen molar-refractivity contribution in [1.82, 2.24) is 20.2 Å². The van der Waals surface area contributed by atoms with Gasteiger partial charge in [-0.1, -0.05) is 11.3 Å². The van der Waals surface area contributed by atoms with Gasteiger partial charge in [0.1, 0.15) is 11.8 Å². The first-order valence-electron chi connectivity index (χ1n) is 4.12. The summed E-state index contributed by atoms with van der Waals surface area (Å²) in [6.07, 6.45) is 1.19. The molecule has 88 valence electrons. The van der Waals surface area contributed by atoms with E-state index < -0.39 is 4.92 Å². The summed E-state index contributed by atoms with van der Waals surface area (Å²) in [6.45, 7) is 0. The van der Waals surface area contributed by atoms with Gasteiger partial charge in [0, 0.05) is 0 Å². The Bertz CT molecular complexity index is 531. The van der Waals surface area contributed by atoms with Crippen LogP contribution in [0.2, 0.25) is 0 Å². The minimum absolute atomic E-state index is 0.0444. The van der Waals surface area contributed by atoms with Crippen LogP contribution < -0.4 is 11.3 Å². The summed E-state index contributed by atoms with van der Waals surface area (Å²) in [5.74, 6) is 5.11. The van der Waals surface area contributed by atoms with Gasteiger partial charge in [-0.25, -0.2) is 15.8 Å². The lowest BCUT2D eigenvalue weighted by atomic mass is 10.5. The second kappa shape index (κ2) is 4.99. The van der Waals surface area contributed by atoms with Crippen LogP contribution in [0.15, 0.2) is 21.2 Å². The molecule has 2 heterocycles. The highest BCUT2D eigenvalue weighted by Crippen LogP contribution is 2.36. The summed E-state index contributed by atoms with van der Waals surface area (Å²) in [5, 5.41) is 18.5. The molecule has 0 saturated carbocycles. The third-order valence-corrected chi connectivity index (χ3v) is 3.40. The van der Waals surface area contributed by atoms with Crippen molar-refractivity contribution in [3.8, 4) is 0 Å². The summed E-state index contributed by atoms with van der Waals surface area (Å²) in [4.78, 5) is 17.8. The quantitative estimate of drug-likeness (QED) is 0.356. The predicted molar refractivity (Wildman–Crippen MR) is 60.5 cm³/mol. The molecule has 0 aliphatic rings. The van der Waals surface area contributed by atoms with E-state index in [4.69, 9.17) is 5.84 Å². The van der Waals surface area contributed by atoms with E-state index >= 15 is 0 Å². The van der Waals surface area contributed by atoms with E-state index in [9.17, 15) is 10.1 Å². The molecule has 9 nitrogen and oxygen atoms in total. The lowest BCUT2D eigenvalue weighted by Crippen LogP contribution is -2.11. The molecule has 0 bridgehead atoms. The average Bonchev–Trinajstić information content (AvgIpc) is 2.81. The van der Waals surface area contributed by atoms with Crippen LogP contribution in [0.3, 0.4) is 0 Å². The molecule has 2 aromatic rings. The van der Waals surface area contributed by atoms with Crippen LogP contribution in [-0.2, 0) is 0 Å². The fourth-order valence-corrected chi connectivity index (χ4v) is 2.46. The van der Waals surface area contributed by atoms with E-state index in [-0.39, 0.29) is 16.5 Å². The van der Waals surface area contributed by atoms with Gasteiger partial charge in [0.15, 0.2) is 9.37 Å². The molecular weight excluding hydrogens is 266 g/mol. The van der Waals surface area contributed by atoms with Gasteiger partial charge in [0.05, 0.1) is 4.92 Å². The number of hydrogen-bond donors (Lipinski definition) is 2. The largest absolute Gasteiger partial charge is 0.345 e. The number of nitro groups is 1. The van der Waals surface area contributed by atoms with Gasteiger partial charge in [-0.3, -0.25) is 10.1 Å². The van der Waals surface area contributed by atoms with Crippen molar-refractivity contribution in [3.63, 3.8) is 0 Å². The lowest BCUT2D eigenvalue weighted by molar-refractivity contribution is -0.387. The molecule has 0 saturated heterocycles. The van der Waals surface area contributed by atoms with Gasteiger partial charge < -0.3 is 5.43 Å². The normalized spacial score (nSPS) is 10.2. The second-order valence-electron chi connectivity index (χ2n) is 2.58. The Balaban J connectivity index is 2.42. The van der Waals surface area contributed by atoms with E-state index in [0.717, 1.165) is 11.8 Å². The van der Waals surface area contributed by atoms with Crippen molar-refractivity contribution < 1.29 is 4.92 Å². The topological polar surface area (TPSA) is 133 Å². The third kappa shape index (κ3) is 2.46. The Kier molecular flexibility index (Phi) is 3.41. The maximum Gasteiger partial charge on any atom is 0.345 e. The highest BCUT2D eigenvalue weighted by atomic mass is 32.2. The van der Waals surface area contributed by atoms with Crippen molar-refractivity contribution in [2.45, 2.75) is 9.37 Å². The Hall–Kier alpha value is -1.85. The Morgan fingerprint density at radius 2 is 2.35 bits per heavy atom. The number of nitrogens with zero attached hydrogens (tertiary/aromatic N) is 5. The zero-order valence-electron chi connectivity index (χ0n) is 8.10. The van der Waals surface area contributed by atoms with Gasteiger partial charge >= 0.3 is 5.69 Å². The Labute approximate surface area is 103 Å². The van der Waals surface area contributed by atoms with Crippen LogP contribution in [0.25, 0.3) is 0 Å². The number of hydrogen-bond acceptors (Lipinski definition) is 10. The summed E-state index contributed by atoms with van der Waals surface area (Å²) in [5.41, 5.74) is 3.40. The molecule has 0 unspecified atom stereocenters. The maximum absolute atomic E-state index is 10.9. The molecule has 17 heavy (non-hydrogen) atoms. The maximum atomic E-state index is 10.9. The molecule has 0 aromatic carbocycles. The molecule has 11 heteroatoms. The fraction of sp³-hybridized carbons (Fsp3) is 0. The number of nitrogen functional groups attached to an aromatic ring is 1. The minimum Gasteiger partial charge on any atom is -0.303 e. The van der Waals surface area contributed by atoms with Gasteiger partial charge in [-0.05, 0) is 11.8 Å². The molecule has 0 amide bonds. The summed E-state index contributed by atoms with van der Waals surface area (Å²) in [7, 11) is 0.